The van der Waals surface area contributed by atoms with E-state index >= 15 is 0 Å². The van der Waals surface area contributed by atoms with Gasteiger partial charge in [-0.25, -0.2) is 14.2 Å². The van der Waals surface area contributed by atoms with Crippen LogP contribution >= 0.6 is 0 Å². The molecule has 0 heterocycles. The first-order valence-electron chi connectivity index (χ1n) is 6.01. The fourth-order valence-corrected chi connectivity index (χ4v) is 2.35. The van der Waals surface area contributed by atoms with Crippen LogP contribution in [0.3, 0.4) is 0 Å². The summed E-state index contributed by atoms with van der Waals surface area (Å²) in [5, 5.41) is 0. The van der Waals surface area contributed by atoms with E-state index in [1.54, 1.807) is 0 Å². The smallest absolute Gasteiger partial charge is 0.131 e. The second-order valence-corrected chi connectivity index (χ2v) is 4.57. The first-order valence-corrected chi connectivity index (χ1v) is 6.01. The van der Waals surface area contributed by atoms with Crippen LogP contribution in [0.2, 0.25) is 0 Å². The molecule has 0 aliphatic rings. The molecule has 0 saturated carbocycles. The van der Waals surface area contributed by atoms with Crippen LogP contribution in [0.25, 0.3) is 0 Å². The molecule has 1 atom stereocenters. The van der Waals surface area contributed by atoms with Crippen molar-refractivity contribution in [2.75, 3.05) is 0 Å². The van der Waals surface area contributed by atoms with E-state index in [0.29, 0.717) is 5.56 Å². The molecule has 100 valence electrons. The van der Waals surface area contributed by atoms with Crippen molar-refractivity contribution in [3.8, 4) is 0 Å². The Morgan fingerprint density at radius 2 is 1.68 bits per heavy atom. The Morgan fingerprint density at radius 3 is 2.21 bits per heavy atom. The van der Waals surface area contributed by atoms with Crippen LogP contribution in [0.15, 0.2) is 36.4 Å². The van der Waals surface area contributed by atoms with Crippen LogP contribution in [0, 0.1) is 25.5 Å². The van der Waals surface area contributed by atoms with Crippen molar-refractivity contribution < 1.29 is 8.78 Å². The second kappa shape index (κ2) is 5.47. The Bertz CT molecular complexity index is 576. The van der Waals surface area contributed by atoms with Gasteiger partial charge in [-0.3, -0.25) is 5.84 Å². The van der Waals surface area contributed by atoms with Gasteiger partial charge in [0.15, 0.2) is 0 Å². The third kappa shape index (κ3) is 2.64. The number of nitrogens with one attached hydrogen (secondary N) is 1. The lowest BCUT2D eigenvalue weighted by Gasteiger charge is -2.21. The minimum absolute atomic E-state index is 0.335. The highest BCUT2D eigenvalue weighted by Crippen LogP contribution is 2.29. The molecule has 0 aliphatic carbocycles. The SMILES string of the molecule is Cc1cccc(C)c1C(NN)c1ccc(F)cc1F. The van der Waals surface area contributed by atoms with Crippen molar-refractivity contribution in [1.82, 2.24) is 5.43 Å². The molecule has 0 saturated heterocycles. The average molecular weight is 262 g/mol. The van der Waals surface area contributed by atoms with E-state index in [9.17, 15) is 8.78 Å². The predicted molar refractivity (Wildman–Crippen MR) is 71.4 cm³/mol. The minimum atomic E-state index is -0.606. The fourth-order valence-electron chi connectivity index (χ4n) is 2.35. The van der Waals surface area contributed by atoms with Crippen molar-refractivity contribution in [3.05, 3.63) is 70.3 Å². The highest BCUT2D eigenvalue weighted by molar-refractivity contribution is 5.42. The van der Waals surface area contributed by atoms with Crippen molar-refractivity contribution >= 4 is 0 Å². The van der Waals surface area contributed by atoms with Crippen LogP contribution in [0.1, 0.15) is 28.3 Å². The van der Waals surface area contributed by atoms with Crippen LogP contribution < -0.4 is 11.3 Å². The number of benzene rings is 2. The van der Waals surface area contributed by atoms with Crippen molar-refractivity contribution in [2.24, 2.45) is 5.84 Å². The third-order valence-corrected chi connectivity index (χ3v) is 3.27. The van der Waals surface area contributed by atoms with Crippen LogP contribution in [-0.4, -0.2) is 0 Å². The van der Waals surface area contributed by atoms with Gasteiger partial charge in [0.25, 0.3) is 0 Å². The molecular weight excluding hydrogens is 246 g/mol. The summed E-state index contributed by atoms with van der Waals surface area (Å²) in [6.45, 7) is 3.88. The summed E-state index contributed by atoms with van der Waals surface area (Å²) in [5.74, 6) is 4.37. The fraction of sp³-hybridized carbons (Fsp3) is 0.200. The Hall–Kier alpha value is -1.78. The molecular formula is C15H16F2N2. The molecule has 4 heteroatoms. The van der Waals surface area contributed by atoms with E-state index in [1.807, 2.05) is 32.0 Å². The Kier molecular flexibility index (Phi) is 3.93. The zero-order chi connectivity index (χ0) is 14.0. The Balaban J connectivity index is 2.56. The number of hydrogen-bond donors (Lipinski definition) is 2. The van der Waals surface area contributed by atoms with Gasteiger partial charge in [0.1, 0.15) is 11.6 Å². The maximum Gasteiger partial charge on any atom is 0.131 e. The first kappa shape index (κ1) is 13.6. The number of halogens is 2. The van der Waals surface area contributed by atoms with Crippen molar-refractivity contribution in [1.29, 1.82) is 0 Å². The van der Waals surface area contributed by atoms with Gasteiger partial charge >= 0.3 is 0 Å². The Morgan fingerprint density at radius 1 is 1.05 bits per heavy atom. The second-order valence-electron chi connectivity index (χ2n) is 4.57. The third-order valence-electron chi connectivity index (χ3n) is 3.27. The van der Waals surface area contributed by atoms with E-state index in [1.165, 1.54) is 12.1 Å². The normalized spacial score (nSPS) is 12.5. The summed E-state index contributed by atoms with van der Waals surface area (Å²) >= 11 is 0. The van der Waals surface area contributed by atoms with Gasteiger partial charge in [0.05, 0.1) is 6.04 Å². The molecule has 0 bridgehead atoms. The van der Waals surface area contributed by atoms with E-state index in [0.717, 1.165) is 22.8 Å². The summed E-state index contributed by atoms with van der Waals surface area (Å²) < 4.78 is 26.9. The van der Waals surface area contributed by atoms with Gasteiger partial charge in [0, 0.05) is 11.6 Å². The highest BCUT2D eigenvalue weighted by atomic mass is 19.1. The molecule has 1 unspecified atom stereocenters. The molecule has 2 nitrogen and oxygen atoms in total. The summed E-state index contributed by atoms with van der Waals surface area (Å²) in [7, 11) is 0. The van der Waals surface area contributed by atoms with Gasteiger partial charge in [-0.15, -0.1) is 0 Å². The summed E-state index contributed by atoms with van der Waals surface area (Å²) in [4.78, 5) is 0. The minimum Gasteiger partial charge on any atom is -0.271 e. The van der Waals surface area contributed by atoms with Crippen LogP contribution in [0.4, 0.5) is 8.78 Å². The topological polar surface area (TPSA) is 38.0 Å². The molecule has 0 spiro atoms. The molecule has 0 aromatic heterocycles. The molecule has 19 heavy (non-hydrogen) atoms. The maximum atomic E-state index is 13.9. The quantitative estimate of drug-likeness (QED) is 0.658. The molecule has 0 radical (unpaired) electrons. The maximum absolute atomic E-state index is 13.9. The largest absolute Gasteiger partial charge is 0.271 e. The van der Waals surface area contributed by atoms with E-state index < -0.39 is 17.7 Å². The van der Waals surface area contributed by atoms with Crippen LogP contribution in [-0.2, 0) is 0 Å². The number of hydrogen-bond acceptors (Lipinski definition) is 2. The lowest BCUT2D eigenvalue weighted by atomic mass is 9.91. The molecule has 2 aromatic rings. The molecule has 2 aromatic carbocycles. The molecule has 0 aliphatic heterocycles. The zero-order valence-corrected chi connectivity index (χ0v) is 10.9. The van der Waals surface area contributed by atoms with Gasteiger partial charge in [-0.2, -0.15) is 0 Å². The van der Waals surface area contributed by atoms with E-state index in [4.69, 9.17) is 5.84 Å². The van der Waals surface area contributed by atoms with Crippen LogP contribution in [0.5, 0.6) is 0 Å². The number of hydrazine groups is 1. The summed E-state index contributed by atoms with van der Waals surface area (Å²) in [6, 6.07) is 8.83. The van der Waals surface area contributed by atoms with Crippen molar-refractivity contribution in [3.63, 3.8) is 0 Å². The lowest BCUT2D eigenvalue weighted by Crippen LogP contribution is -2.30. The summed E-state index contributed by atoms with van der Waals surface area (Å²) in [6.07, 6.45) is 0. The number of nitrogens with two attached hydrogens (primary N) is 1. The average Bonchev–Trinajstić information content (AvgIpc) is 2.35. The first-order chi connectivity index (χ1) is 9.04. The predicted octanol–water partition coefficient (Wildman–Crippen LogP) is 3.13. The van der Waals surface area contributed by atoms with E-state index in [-0.39, 0.29) is 0 Å². The highest BCUT2D eigenvalue weighted by Gasteiger charge is 2.20. The molecule has 0 fully saturated rings. The van der Waals surface area contributed by atoms with Gasteiger partial charge < -0.3 is 0 Å². The summed E-state index contributed by atoms with van der Waals surface area (Å²) in [5.41, 5.74) is 5.87. The van der Waals surface area contributed by atoms with Gasteiger partial charge in [-0.05, 0) is 36.6 Å². The molecule has 2 rings (SSSR count). The monoisotopic (exact) mass is 262 g/mol. The lowest BCUT2D eigenvalue weighted by molar-refractivity contribution is 0.540. The zero-order valence-electron chi connectivity index (χ0n) is 10.9. The van der Waals surface area contributed by atoms with Gasteiger partial charge in [0.2, 0.25) is 0 Å². The van der Waals surface area contributed by atoms with E-state index in [2.05, 4.69) is 5.43 Å². The van der Waals surface area contributed by atoms with Crippen molar-refractivity contribution in [2.45, 2.75) is 19.9 Å². The molecule has 3 N–H and O–H groups in total. The number of rotatable bonds is 3. The van der Waals surface area contributed by atoms with Gasteiger partial charge in [-0.1, -0.05) is 24.3 Å². The number of aryl methyl sites for hydroxylation is 2. The standard InChI is InChI=1S/C15H16F2N2/c1-9-4-3-5-10(2)14(9)15(19-18)12-7-6-11(16)8-13(12)17/h3-8,15,19H,18H2,1-2H3. The Labute approximate surface area is 111 Å². The molecule has 0 amide bonds.